The van der Waals surface area contributed by atoms with Crippen LogP contribution < -0.4 is 15.1 Å². The molecule has 2 aliphatic rings. The van der Waals surface area contributed by atoms with Crippen LogP contribution in [-0.2, 0) is 14.3 Å². The van der Waals surface area contributed by atoms with E-state index in [2.05, 4.69) is 20.1 Å². The molecule has 0 radical (unpaired) electrons. The van der Waals surface area contributed by atoms with Gasteiger partial charge < -0.3 is 29.2 Å². The van der Waals surface area contributed by atoms with Crippen molar-refractivity contribution >= 4 is 29.4 Å². The van der Waals surface area contributed by atoms with Gasteiger partial charge in [-0.3, -0.25) is 9.59 Å². The Hall–Kier alpha value is -3.33. The molecule has 9 heteroatoms. The Labute approximate surface area is 181 Å². The molecule has 0 saturated carbocycles. The van der Waals surface area contributed by atoms with Gasteiger partial charge >= 0.3 is 0 Å². The third kappa shape index (κ3) is 5.43. The van der Waals surface area contributed by atoms with Gasteiger partial charge in [0.05, 0.1) is 24.3 Å². The molecule has 2 amide bonds. The summed E-state index contributed by atoms with van der Waals surface area (Å²) in [4.78, 5) is 34.2. The van der Waals surface area contributed by atoms with E-state index in [1.165, 1.54) is 6.92 Å². The van der Waals surface area contributed by atoms with Gasteiger partial charge in [-0.2, -0.15) is 0 Å². The first-order valence-corrected chi connectivity index (χ1v) is 10.4. The van der Waals surface area contributed by atoms with E-state index in [1.54, 1.807) is 24.5 Å². The molecule has 0 bridgehead atoms. The number of piperazine rings is 1. The molecule has 0 spiro atoms. The first kappa shape index (κ1) is 20.9. The Bertz CT molecular complexity index is 904. The number of nitrogens with one attached hydrogen (secondary N) is 1. The fraction of sp³-hybridized carbons (Fsp3) is 0.409. The minimum Gasteiger partial charge on any atom is -0.465 e. The Kier molecular flexibility index (Phi) is 6.51. The van der Waals surface area contributed by atoms with Crippen molar-refractivity contribution < 1.29 is 18.7 Å². The van der Waals surface area contributed by atoms with Crippen molar-refractivity contribution in [2.75, 3.05) is 55.8 Å². The molecule has 9 nitrogen and oxygen atoms in total. The lowest BCUT2D eigenvalue weighted by atomic mass is 10.2. The van der Waals surface area contributed by atoms with Gasteiger partial charge in [-0.25, -0.2) is 4.98 Å². The van der Waals surface area contributed by atoms with Crippen LogP contribution in [0, 0.1) is 0 Å². The number of carbonyl (C=O) groups is 2. The van der Waals surface area contributed by atoms with Gasteiger partial charge in [-0.15, -0.1) is 0 Å². The second-order valence-electron chi connectivity index (χ2n) is 7.61. The van der Waals surface area contributed by atoms with Gasteiger partial charge in [0.15, 0.2) is 0 Å². The highest BCUT2D eigenvalue weighted by Gasteiger charge is 2.24. The van der Waals surface area contributed by atoms with Crippen LogP contribution in [0.5, 0.6) is 0 Å². The summed E-state index contributed by atoms with van der Waals surface area (Å²) in [6, 6.07) is 7.65. The topological polar surface area (TPSA) is 91.2 Å². The summed E-state index contributed by atoms with van der Waals surface area (Å²) in [5.74, 6) is 1.50. The Morgan fingerprint density at radius 2 is 2.03 bits per heavy atom. The molecule has 0 aliphatic carbocycles. The van der Waals surface area contributed by atoms with E-state index >= 15 is 0 Å². The summed E-state index contributed by atoms with van der Waals surface area (Å²) in [7, 11) is 0. The average molecular weight is 425 g/mol. The Balaban J connectivity index is 1.26. The van der Waals surface area contributed by atoms with Crippen LogP contribution in [0.4, 0.5) is 11.5 Å². The SMILES string of the molecule is CC(=O)NCC1CN(c2ccc(N3CCN(C(=O)C=Cc4ccco4)CC3)nc2)CO1. The minimum absolute atomic E-state index is 0.0118. The van der Waals surface area contributed by atoms with Crippen LogP contribution >= 0.6 is 0 Å². The molecule has 2 aromatic rings. The van der Waals surface area contributed by atoms with Crippen molar-refractivity contribution in [3.8, 4) is 0 Å². The number of hydrogen-bond acceptors (Lipinski definition) is 7. The van der Waals surface area contributed by atoms with Crippen LogP contribution in [-0.4, -0.2) is 73.8 Å². The number of pyridine rings is 1. The largest absolute Gasteiger partial charge is 0.465 e. The number of anilines is 2. The third-order valence-electron chi connectivity index (χ3n) is 5.41. The van der Waals surface area contributed by atoms with Gasteiger partial charge in [-0.05, 0) is 30.3 Å². The van der Waals surface area contributed by atoms with Crippen molar-refractivity contribution in [2.45, 2.75) is 13.0 Å². The standard InChI is InChI=1S/C22H27N5O4/c1-17(28)23-14-20-15-27(16-31-20)18-4-6-21(24-13-18)25-8-10-26(11-9-25)22(29)7-5-19-3-2-12-30-19/h2-7,12-13,20H,8-11,14-16H2,1H3,(H,23,28). The van der Waals surface area contributed by atoms with Gasteiger partial charge in [0.1, 0.15) is 18.3 Å². The highest BCUT2D eigenvalue weighted by molar-refractivity contribution is 5.91. The molecule has 1 unspecified atom stereocenters. The number of hydrogen-bond donors (Lipinski definition) is 1. The quantitative estimate of drug-likeness (QED) is 0.699. The highest BCUT2D eigenvalue weighted by Crippen LogP contribution is 2.22. The maximum absolute atomic E-state index is 12.4. The van der Waals surface area contributed by atoms with Crippen LogP contribution in [0.2, 0.25) is 0 Å². The summed E-state index contributed by atoms with van der Waals surface area (Å²) in [6.07, 6.45) is 6.66. The summed E-state index contributed by atoms with van der Waals surface area (Å²) in [6.45, 7) is 5.98. The lowest BCUT2D eigenvalue weighted by Gasteiger charge is -2.35. The molecular formula is C22H27N5O4. The van der Waals surface area contributed by atoms with Crippen molar-refractivity contribution in [3.05, 3.63) is 48.6 Å². The zero-order valence-electron chi connectivity index (χ0n) is 17.6. The molecular weight excluding hydrogens is 398 g/mol. The molecule has 4 heterocycles. The van der Waals surface area contributed by atoms with Crippen molar-refractivity contribution in [2.24, 2.45) is 0 Å². The van der Waals surface area contributed by atoms with E-state index in [9.17, 15) is 9.59 Å². The zero-order chi connectivity index (χ0) is 21.6. The van der Waals surface area contributed by atoms with Crippen LogP contribution in [0.1, 0.15) is 12.7 Å². The molecule has 1 N–H and O–H groups in total. The summed E-state index contributed by atoms with van der Waals surface area (Å²) in [5, 5.41) is 2.79. The minimum atomic E-state index is -0.0524. The zero-order valence-corrected chi connectivity index (χ0v) is 17.6. The number of rotatable bonds is 6. The number of amides is 2. The first-order chi connectivity index (χ1) is 15.1. The normalized spacial score (nSPS) is 19.3. The van der Waals surface area contributed by atoms with E-state index in [1.807, 2.05) is 29.3 Å². The second kappa shape index (κ2) is 9.65. The van der Waals surface area contributed by atoms with Gasteiger partial charge in [0, 0.05) is 52.3 Å². The van der Waals surface area contributed by atoms with Crippen molar-refractivity contribution in [1.29, 1.82) is 0 Å². The monoisotopic (exact) mass is 425 g/mol. The smallest absolute Gasteiger partial charge is 0.246 e. The number of aromatic nitrogens is 1. The molecule has 2 aromatic heterocycles. The van der Waals surface area contributed by atoms with Gasteiger partial charge in [0.25, 0.3) is 0 Å². The molecule has 4 rings (SSSR count). The fourth-order valence-corrected chi connectivity index (χ4v) is 3.66. The maximum Gasteiger partial charge on any atom is 0.246 e. The highest BCUT2D eigenvalue weighted by atomic mass is 16.5. The van der Waals surface area contributed by atoms with E-state index in [-0.39, 0.29) is 17.9 Å². The average Bonchev–Trinajstić information content (AvgIpc) is 3.48. The van der Waals surface area contributed by atoms with E-state index in [4.69, 9.17) is 9.15 Å². The van der Waals surface area contributed by atoms with Crippen molar-refractivity contribution in [3.63, 3.8) is 0 Å². The van der Waals surface area contributed by atoms with Gasteiger partial charge in [0.2, 0.25) is 11.8 Å². The van der Waals surface area contributed by atoms with E-state index < -0.39 is 0 Å². The summed E-state index contributed by atoms with van der Waals surface area (Å²) in [5.41, 5.74) is 0.992. The predicted octanol–water partition coefficient (Wildman–Crippen LogP) is 1.34. The second-order valence-corrected chi connectivity index (χ2v) is 7.61. The summed E-state index contributed by atoms with van der Waals surface area (Å²) < 4.78 is 10.9. The number of ether oxygens (including phenoxy) is 1. The molecule has 2 saturated heterocycles. The van der Waals surface area contributed by atoms with E-state index in [0.29, 0.717) is 38.7 Å². The summed E-state index contributed by atoms with van der Waals surface area (Å²) >= 11 is 0. The van der Waals surface area contributed by atoms with Crippen LogP contribution in [0.15, 0.2) is 47.2 Å². The first-order valence-electron chi connectivity index (χ1n) is 10.4. The molecule has 1 atom stereocenters. The lowest BCUT2D eigenvalue weighted by Crippen LogP contribution is -2.48. The number of nitrogens with zero attached hydrogens (tertiary/aromatic N) is 4. The Morgan fingerprint density at radius 1 is 1.19 bits per heavy atom. The third-order valence-corrected chi connectivity index (χ3v) is 5.41. The lowest BCUT2D eigenvalue weighted by molar-refractivity contribution is -0.126. The number of furan rings is 1. The molecule has 2 fully saturated rings. The molecule has 31 heavy (non-hydrogen) atoms. The predicted molar refractivity (Wildman–Crippen MR) is 117 cm³/mol. The molecule has 164 valence electrons. The Morgan fingerprint density at radius 3 is 2.71 bits per heavy atom. The fourth-order valence-electron chi connectivity index (χ4n) is 3.66. The molecule has 0 aromatic carbocycles. The maximum atomic E-state index is 12.4. The molecule has 2 aliphatic heterocycles. The van der Waals surface area contributed by atoms with Crippen LogP contribution in [0.25, 0.3) is 6.08 Å². The van der Waals surface area contributed by atoms with Crippen molar-refractivity contribution in [1.82, 2.24) is 15.2 Å². The van der Waals surface area contributed by atoms with E-state index in [0.717, 1.165) is 24.6 Å². The number of carbonyl (C=O) groups excluding carboxylic acids is 2. The van der Waals surface area contributed by atoms with Gasteiger partial charge in [-0.1, -0.05) is 0 Å². The van der Waals surface area contributed by atoms with Crippen LogP contribution in [0.3, 0.4) is 0 Å².